The Labute approximate surface area is 71.1 Å². The molecule has 0 aliphatic heterocycles. The van der Waals surface area contributed by atoms with E-state index in [-0.39, 0.29) is 0 Å². The molecule has 12 heavy (non-hydrogen) atoms. The lowest BCUT2D eigenvalue weighted by Crippen LogP contribution is -1.89. The molecule has 0 saturated carbocycles. The molecule has 0 aromatic carbocycles. The standard InChI is InChI=1S/C9H11N3/c1-3-8-4-5-9-10-7(2)11-12(9)6-8/h4-6H,3H2,1-2H3. The van der Waals surface area contributed by atoms with Gasteiger partial charge in [0, 0.05) is 6.20 Å². The smallest absolute Gasteiger partial charge is 0.155 e. The third-order valence-electron chi connectivity index (χ3n) is 1.91. The second kappa shape index (κ2) is 2.59. The third-order valence-corrected chi connectivity index (χ3v) is 1.91. The van der Waals surface area contributed by atoms with Crippen molar-refractivity contribution in [3.05, 3.63) is 29.7 Å². The molecule has 62 valence electrons. The molecule has 0 amide bonds. The molecule has 0 unspecified atom stereocenters. The van der Waals surface area contributed by atoms with Gasteiger partial charge in [-0.15, -0.1) is 0 Å². The van der Waals surface area contributed by atoms with E-state index in [0.29, 0.717) is 0 Å². The highest BCUT2D eigenvalue weighted by Gasteiger charge is 1.98. The Kier molecular flexibility index (Phi) is 1.57. The second-order valence-electron chi connectivity index (χ2n) is 2.85. The molecule has 0 fully saturated rings. The maximum Gasteiger partial charge on any atom is 0.155 e. The van der Waals surface area contributed by atoms with Crippen molar-refractivity contribution in [2.24, 2.45) is 0 Å². The molecular formula is C9H11N3. The van der Waals surface area contributed by atoms with Gasteiger partial charge in [0.05, 0.1) is 0 Å². The monoisotopic (exact) mass is 161 g/mol. The van der Waals surface area contributed by atoms with Gasteiger partial charge in [0.1, 0.15) is 5.82 Å². The molecule has 2 aromatic heterocycles. The first-order valence-corrected chi connectivity index (χ1v) is 4.11. The Morgan fingerprint density at radius 1 is 1.42 bits per heavy atom. The van der Waals surface area contributed by atoms with E-state index in [1.165, 1.54) is 5.56 Å². The van der Waals surface area contributed by atoms with E-state index in [4.69, 9.17) is 0 Å². The average molecular weight is 161 g/mol. The van der Waals surface area contributed by atoms with Crippen LogP contribution in [0.5, 0.6) is 0 Å². The molecule has 0 bridgehead atoms. The summed E-state index contributed by atoms with van der Waals surface area (Å²) in [5.74, 6) is 0.822. The molecule has 0 radical (unpaired) electrons. The van der Waals surface area contributed by atoms with Gasteiger partial charge in [0.15, 0.2) is 5.65 Å². The quantitative estimate of drug-likeness (QED) is 0.636. The largest absolute Gasteiger partial charge is 0.221 e. The molecule has 3 heteroatoms. The maximum atomic E-state index is 4.24. The van der Waals surface area contributed by atoms with Gasteiger partial charge in [-0.2, -0.15) is 5.10 Å². The Morgan fingerprint density at radius 3 is 3.00 bits per heavy atom. The fourth-order valence-electron chi connectivity index (χ4n) is 1.25. The number of aryl methyl sites for hydroxylation is 2. The molecule has 0 saturated heterocycles. The summed E-state index contributed by atoms with van der Waals surface area (Å²) in [6.07, 6.45) is 3.06. The summed E-state index contributed by atoms with van der Waals surface area (Å²) in [7, 11) is 0. The average Bonchev–Trinajstić information content (AvgIpc) is 2.43. The number of rotatable bonds is 1. The van der Waals surface area contributed by atoms with Crippen LogP contribution in [0, 0.1) is 6.92 Å². The number of fused-ring (bicyclic) bond motifs is 1. The topological polar surface area (TPSA) is 30.2 Å². The maximum absolute atomic E-state index is 4.24. The van der Waals surface area contributed by atoms with E-state index < -0.39 is 0 Å². The summed E-state index contributed by atoms with van der Waals surface area (Å²) in [5, 5.41) is 4.23. The molecule has 2 heterocycles. The van der Waals surface area contributed by atoms with Crippen molar-refractivity contribution in [2.75, 3.05) is 0 Å². The highest BCUT2D eigenvalue weighted by molar-refractivity contribution is 5.38. The van der Waals surface area contributed by atoms with Gasteiger partial charge < -0.3 is 0 Å². The van der Waals surface area contributed by atoms with Crippen LogP contribution in [0.25, 0.3) is 5.65 Å². The van der Waals surface area contributed by atoms with Gasteiger partial charge in [0.2, 0.25) is 0 Å². The lowest BCUT2D eigenvalue weighted by atomic mass is 10.2. The third kappa shape index (κ3) is 1.07. The minimum atomic E-state index is 0.822. The first-order chi connectivity index (χ1) is 5.79. The van der Waals surface area contributed by atoms with Gasteiger partial charge in [0.25, 0.3) is 0 Å². The Hall–Kier alpha value is -1.38. The van der Waals surface area contributed by atoms with Crippen LogP contribution in [-0.4, -0.2) is 14.6 Å². The van der Waals surface area contributed by atoms with Crippen molar-refractivity contribution in [3.63, 3.8) is 0 Å². The number of hydrogen-bond donors (Lipinski definition) is 0. The van der Waals surface area contributed by atoms with Gasteiger partial charge in [-0.25, -0.2) is 9.50 Å². The molecule has 0 aliphatic rings. The van der Waals surface area contributed by atoms with Crippen molar-refractivity contribution < 1.29 is 0 Å². The SMILES string of the molecule is CCc1ccc2nc(C)nn2c1. The van der Waals surface area contributed by atoms with Crippen LogP contribution >= 0.6 is 0 Å². The minimum Gasteiger partial charge on any atom is -0.221 e. The van der Waals surface area contributed by atoms with Gasteiger partial charge in [-0.1, -0.05) is 13.0 Å². The summed E-state index contributed by atoms with van der Waals surface area (Å²) < 4.78 is 1.83. The molecule has 2 aromatic rings. The van der Waals surface area contributed by atoms with Crippen molar-refractivity contribution in [2.45, 2.75) is 20.3 Å². The van der Waals surface area contributed by atoms with E-state index in [1.807, 2.05) is 23.7 Å². The van der Waals surface area contributed by atoms with Gasteiger partial charge in [-0.3, -0.25) is 0 Å². The molecule has 2 rings (SSSR count). The number of hydrogen-bond acceptors (Lipinski definition) is 2. The van der Waals surface area contributed by atoms with Crippen molar-refractivity contribution in [3.8, 4) is 0 Å². The van der Waals surface area contributed by atoms with Crippen LogP contribution in [0.4, 0.5) is 0 Å². The number of pyridine rings is 1. The molecule has 0 aliphatic carbocycles. The highest BCUT2D eigenvalue weighted by Crippen LogP contribution is 2.04. The van der Waals surface area contributed by atoms with Crippen LogP contribution in [0.1, 0.15) is 18.3 Å². The van der Waals surface area contributed by atoms with E-state index in [0.717, 1.165) is 17.9 Å². The van der Waals surface area contributed by atoms with E-state index >= 15 is 0 Å². The summed E-state index contributed by atoms with van der Waals surface area (Å²) in [4.78, 5) is 4.24. The van der Waals surface area contributed by atoms with Gasteiger partial charge in [-0.05, 0) is 25.0 Å². The fraction of sp³-hybridized carbons (Fsp3) is 0.333. The van der Waals surface area contributed by atoms with Crippen LogP contribution in [0.15, 0.2) is 18.3 Å². The zero-order valence-corrected chi connectivity index (χ0v) is 7.28. The van der Waals surface area contributed by atoms with Crippen molar-refractivity contribution in [1.29, 1.82) is 0 Å². The van der Waals surface area contributed by atoms with E-state index in [9.17, 15) is 0 Å². The Bertz CT molecular complexity index is 403. The first-order valence-electron chi connectivity index (χ1n) is 4.11. The normalized spacial score (nSPS) is 10.8. The Balaban J connectivity index is 2.66. The van der Waals surface area contributed by atoms with Gasteiger partial charge >= 0.3 is 0 Å². The lowest BCUT2D eigenvalue weighted by Gasteiger charge is -1.95. The van der Waals surface area contributed by atoms with Crippen LogP contribution in [0.3, 0.4) is 0 Å². The van der Waals surface area contributed by atoms with Crippen molar-refractivity contribution >= 4 is 5.65 Å². The van der Waals surface area contributed by atoms with Crippen molar-refractivity contribution in [1.82, 2.24) is 14.6 Å². The Morgan fingerprint density at radius 2 is 2.25 bits per heavy atom. The molecule has 3 nitrogen and oxygen atoms in total. The van der Waals surface area contributed by atoms with E-state index in [1.54, 1.807) is 0 Å². The summed E-state index contributed by atoms with van der Waals surface area (Å²) in [6, 6.07) is 4.09. The molecule has 0 spiro atoms. The van der Waals surface area contributed by atoms with Crippen LogP contribution in [0.2, 0.25) is 0 Å². The number of aromatic nitrogens is 3. The lowest BCUT2D eigenvalue weighted by molar-refractivity contribution is 0.912. The number of nitrogens with zero attached hydrogens (tertiary/aromatic N) is 3. The predicted molar refractivity (Wildman–Crippen MR) is 47.1 cm³/mol. The molecule has 0 N–H and O–H groups in total. The van der Waals surface area contributed by atoms with E-state index in [2.05, 4.69) is 23.1 Å². The van der Waals surface area contributed by atoms with Crippen LogP contribution in [-0.2, 0) is 6.42 Å². The zero-order valence-electron chi connectivity index (χ0n) is 7.28. The minimum absolute atomic E-state index is 0.822. The first kappa shape index (κ1) is 7.28. The molecular weight excluding hydrogens is 150 g/mol. The highest BCUT2D eigenvalue weighted by atomic mass is 15.3. The van der Waals surface area contributed by atoms with Crippen LogP contribution < -0.4 is 0 Å². The zero-order chi connectivity index (χ0) is 8.55. The summed E-state index contributed by atoms with van der Waals surface area (Å²) in [6.45, 7) is 4.03. The second-order valence-corrected chi connectivity index (χ2v) is 2.85. The summed E-state index contributed by atoms with van der Waals surface area (Å²) in [5.41, 5.74) is 2.21. The molecule has 0 atom stereocenters. The summed E-state index contributed by atoms with van der Waals surface area (Å²) >= 11 is 0. The fourth-order valence-corrected chi connectivity index (χ4v) is 1.25. The predicted octanol–water partition coefficient (Wildman–Crippen LogP) is 1.60.